The van der Waals surface area contributed by atoms with Crippen molar-refractivity contribution in [2.75, 3.05) is 12.4 Å². The van der Waals surface area contributed by atoms with Crippen LogP contribution >= 0.6 is 11.3 Å². The number of nitrogens with one attached hydrogen (secondary N) is 1. The standard InChI is InChI=1S/C15H17N3O2S/c1-9-3-4-12(20-2)10(7-9)11-8-21-14(17-11)18-13(19)15(16)5-6-15/h3-4,7-8H,5-6,16H2,1-2H3,(H,17,18,19). The van der Waals surface area contributed by atoms with Gasteiger partial charge in [-0.25, -0.2) is 4.98 Å². The van der Waals surface area contributed by atoms with Crippen molar-refractivity contribution in [2.24, 2.45) is 5.73 Å². The third-order valence-electron chi connectivity index (χ3n) is 3.60. The van der Waals surface area contributed by atoms with Crippen molar-refractivity contribution in [1.29, 1.82) is 0 Å². The zero-order chi connectivity index (χ0) is 15.0. The molecule has 0 saturated heterocycles. The maximum atomic E-state index is 11.9. The average molecular weight is 303 g/mol. The lowest BCUT2D eigenvalue weighted by atomic mass is 10.1. The van der Waals surface area contributed by atoms with Crippen molar-refractivity contribution in [3.05, 3.63) is 29.1 Å². The van der Waals surface area contributed by atoms with Gasteiger partial charge in [-0.2, -0.15) is 0 Å². The molecule has 1 fully saturated rings. The number of rotatable bonds is 4. The summed E-state index contributed by atoms with van der Waals surface area (Å²) in [7, 11) is 1.63. The number of aryl methyl sites for hydroxylation is 1. The second-order valence-corrected chi connectivity index (χ2v) is 6.21. The fraction of sp³-hybridized carbons (Fsp3) is 0.333. The first-order valence-electron chi connectivity index (χ1n) is 6.73. The van der Waals surface area contributed by atoms with Gasteiger partial charge in [-0.1, -0.05) is 11.6 Å². The first kappa shape index (κ1) is 14.0. The van der Waals surface area contributed by atoms with Crippen molar-refractivity contribution >= 4 is 22.4 Å². The summed E-state index contributed by atoms with van der Waals surface area (Å²) < 4.78 is 5.37. The van der Waals surface area contributed by atoms with Gasteiger partial charge < -0.3 is 15.8 Å². The SMILES string of the molecule is COc1ccc(C)cc1-c1csc(NC(=O)C2(N)CC2)n1. The number of carbonyl (C=O) groups is 1. The number of benzene rings is 1. The number of nitrogens with two attached hydrogens (primary N) is 1. The van der Waals surface area contributed by atoms with Crippen LogP contribution < -0.4 is 15.8 Å². The number of hydrogen-bond acceptors (Lipinski definition) is 5. The van der Waals surface area contributed by atoms with Crippen LogP contribution in [0.15, 0.2) is 23.6 Å². The van der Waals surface area contributed by atoms with Crippen LogP contribution in [0.25, 0.3) is 11.3 Å². The molecule has 110 valence electrons. The monoisotopic (exact) mass is 303 g/mol. The second-order valence-electron chi connectivity index (χ2n) is 5.35. The molecule has 1 saturated carbocycles. The lowest BCUT2D eigenvalue weighted by molar-refractivity contribution is -0.118. The number of methoxy groups -OCH3 is 1. The highest BCUT2D eigenvalue weighted by molar-refractivity contribution is 7.14. The lowest BCUT2D eigenvalue weighted by Gasteiger charge is -2.08. The minimum absolute atomic E-state index is 0.153. The zero-order valence-electron chi connectivity index (χ0n) is 12.0. The third-order valence-corrected chi connectivity index (χ3v) is 4.35. The van der Waals surface area contributed by atoms with E-state index in [0.717, 1.165) is 35.4 Å². The Labute approximate surface area is 127 Å². The van der Waals surface area contributed by atoms with Crippen molar-refractivity contribution in [2.45, 2.75) is 25.3 Å². The highest BCUT2D eigenvalue weighted by Crippen LogP contribution is 2.35. The smallest absolute Gasteiger partial charge is 0.246 e. The molecule has 1 aliphatic rings. The summed E-state index contributed by atoms with van der Waals surface area (Å²) in [6.45, 7) is 2.02. The minimum Gasteiger partial charge on any atom is -0.496 e. The number of amides is 1. The van der Waals surface area contributed by atoms with E-state index in [2.05, 4.69) is 10.3 Å². The number of nitrogens with zero attached hydrogens (tertiary/aromatic N) is 1. The van der Waals surface area contributed by atoms with Crippen LogP contribution in [0.2, 0.25) is 0 Å². The van der Waals surface area contributed by atoms with E-state index in [1.54, 1.807) is 7.11 Å². The summed E-state index contributed by atoms with van der Waals surface area (Å²) in [6, 6.07) is 5.93. The van der Waals surface area contributed by atoms with Gasteiger partial charge in [-0.05, 0) is 31.9 Å². The predicted octanol–water partition coefficient (Wildman–Crippen LogP) is 2.56. The maximum Gasteiger partial charge on any atom is 0.246 e. The Morgan fingerprint density at radius 2 is 2.24 bits per heavy atom. The van der Waals surface area contributed by atoms with Gasteiger partial charge in [0, 0.05) is 10.9 Å². The largest absolute Gasteiger partial charge is 0.496 e. The average Bonchev–Trinajstić information content (AvgIpc) is 3.06. The number of anilines is 1. The summed E-state index contributed by atoms with van der Waals surface area (Å²) in [5.74, 6) is 0.612. The quantitative estimate of drug-likeness (QED) is 0.910. The van der Waals surface area contributed by atoms with Gasteiger partial charge in [0.2, 0.25) is 5.91 Å². The van der Waals surface area contributed by atoms with E-state index in [1.165, 1.54) is 11.3 Å². The summed E-state index contributed by atoms with van der Waals surface area (Å²) in [4.78, 5) is 16.4. The molecule has 0 radical (unpaired) electrons. The predicted molar refractivity (Wildman–Crippen MR) is 83.6 cm³/mol. The fourth-order valence-corrected chi connectivity index (χ4v) is 2.77. The van der Waals surface area contributed by atoms with Crippen LogP contribution in [-0.2, 0) is 4.79 Å². The molecular formula is C15H17N3O2S. The molecule has 3 N–H and O–H groups in total. The molecule has 0 bridgehead atoms. The van der Waals surface area contributed by atoms with Crippen LogP contribution in [0, 0.1) is 6.92 Å². The number of thiazole rings is 1. The summed E-state index contributed by atoms with van der Waals surface area (Å²) in [6.07, 6.45) is 1.48. The lowest BCUT2D eigenvalue weighted by Crippen LogP contribution is -2.37. The van der Waals surface area contributed by atoms with Crippen LogP contribution in [0.4, 0.5) is 5.13 Å². The maximum absolute atomic E-state index is 11.9. The molecular weight excluding hydrogens is 286 g/mol. The van der Waals surface area contributed by atoms with E-state index in [9.17, 15) is 4.79 Å². The van der Waals surface area contributed by atoms with Crippen LogP contribution in [-0.4, -0.2) is 23.5 Å². The normalized spacial score (nSPS) is 15.6. The Kier molecular flexibility index (Phi) is 3.43. The van der Waals surface area contributed by atoms with E-state index < -0.39 is 5.54 Å². The molecule has 1 aliphatic carbocycles. The van der Waals surface area contributed by atoms with Gasteiger partial charge in [0.25, 0.3) is 0 Å². The highest BCUT2D eigenvalue weighted by Gasteiger charge is 2.46. The number of aromatic nitrogens is 1. The molecule has 2 aromatic rings. The van der Waals surface area contributed by atoms with Gasteiger partial charge in [0.05, 0.1) is 18.3 Å². The van der Waals surface area contributed by atoms with Crippen LogP contribution in [0.5, 0.6) is 5.75 Å². The van der Waals surface area contributed by atoms with Crippen LogP contribution in [0.1, 0.15) is 18.4 Å². The molecule has 21 heavy (non-hydrogen) atoms. The Morgan fingerprint density at radius 3 is 2.90 bits per heavy atom. The Morgan fingerprint density at radius 1 is 1.48 bits per heavy atom. The summed E-state index contributed by atoms with van der Waals surface area (Å²) >= 11 is 1.39. The third kappa shape index (κ3) is 2.77. The summed E-state index contributed by atoms with van der Waals surface area (Å²) in [5, 5.41) is 5.26. The van der Waals surface area contributed by atoms with E-state index in [-0.39, 0.29) is 5.91 Å². The zero-order valence-corrected chi connectivity index (χ0v) is 12.8. The summed E-state index contributed by atoms with van der Waals surface area (Å²) in [5.41, 5.74) is 8.02. The molecule has 6 heteroatoms. The topological polar surface area (TPSA) is 77.2 Å². The molecule has 0 spiro atoms. The van der Waals surface area contributed by atoms with Crippen molar-refractivity contribution < 1.29 is 9.53 Å². The van der Waals surface area contributed by atoms with E-state index in [0.29, 0.717) is 5.13 Å². The van der Waals surface area contributed by atoms with Gasteiger partial charge >= 0.3 is 0 Å². The molecule has 1 aromatic heterocycles. The first-order chi connectivity index (χ1) is 10.0. The van der Waals surface area contributed by atoms with Crippen molar-refractivity contribution in [1.82, 2.24) is 4.98 Å². The molecule has 1 amide bonds. The Balaban J connectivity index is 1.85. The van der Waals surface area contributed by atoms with Gasteiger partial charge in [-0.15, -0.1) is 11.3 Å². The first-order valence-corrected chi connectivity index (χ1v) is 7.61. The number of hydrogen-bond donors (Lipinski definition) is 2. The van der Waals surface area contributed by atoms with Gasteiger partial charge in [0.15, 0.2) is 5.13 Å². The molecule has 0 unspecified atom stereocenters. The van der Waals surface area contributed by atoms with Gasteiger partial charge in [-0.3, -0.25) is 4.79 Å². The second kappa shape index (κ2) is 5.13. The molecule has 5 nitrogen and oxygen atoms in total. The number of carbonyl (C=O) groups excluding carboxylic acids is 1. The number of ether oxygens (including phenoxy) is 1. The molecule has 1 aromatic carbocycles. The highest BCUT2D eigenvalue weighted by atomic mass is 32.1. The minimum atomic E-state index is -0.688. The molecule has 3 rings (SSSR count). The van der Waals surface area contributed by atoms with Crippen LogP contribution in [0.3, 0.4) is 0 Å². The molecule has 0 aliphatic heterocycles. The van der Waals surface area contributed by atoms with Crippen molar-refractivity contribution in [3.63, 3.8) is 0 Å². The van der Waals surface area contributed by atoms with E-state index in [4.69, 9.17) is 10.5 Å². The molecule has 1 heterocycles. The Hall–Kier alpha value is -1.92. The van der Waals surface area contributed by atoms with Crippen molar-refractivity contribution in [3.8, 4) is 17.0 Å². The molecule has 0 atom stereocenters. The van der Waals surface area contributed by atoms with E-state index in [1.807, 2.05) is 30.5 Å². The van der Waals surface area contributed by atoms with E-state index >= 15 is 0 Å². The van der Waals surface area contributed by atoms with Gasteiger partial charge in [0.1, 0.15) is 5.75 Å². The Bertz CT molecular complexity index is 692. The fourth-order valence-electron chi connectivity index (χ4n) is 2.06.